The average molecular weight is 273 g/mol. The summed E-state index contributed by atoms with van der Waals surface area (Å²) in [5.41, 5.74) is -0.725. The van der Waals surface area contributed by atoms with E-state index in [2.05, 4.69) is 5.10 Å². The number of carbonyl (C=O) groups is 1. The second-order valence-electron chi connectivity index (χ2n) is 3.88. The molecule has 7 heteroatoms. The summed E-state index contributed by atoms with van der Waals surface area (Å²) in [6, 6.07) is 8.03. The molecule has 20 heavy (non-hydrogen) atoms. The zero-order chi connectivity index (χ0) is 14.7. The van der Waals surface area contributed by atoms with Gasteiger partial charge in [-0.2, -0.15) is 10.4 Å². The molecular formula is C13H8FN3O3. The van der Waals surface area contributed by atoms with Crippen LogP contribution in [-0.2, 0) is 6.54 Å². The Balaban J connectivity index is 2.65. The molecule has 0 atom stereocenters. The topological polar surface area (TPSA) is 96.0 Å². The van der Waals surface area contributed by atoms with E-state index in [4.69, 9.17) is 10.4 Å². The molecule has 0 saturated heterocycles. The quantitative estimate of drug-likeness (QED) is 0.908. The summed E-state index contributed by atoms with van der Waals surface area (Å²) in [6.07, 6.45) is 0. The van der Waals surface area contributed by atoms with Gasteiger partial charge < -0.3 is 5.11 Å². The van der Waals surface area contributed by atoms with Crippen molar-refractivity contribution >= 4 is 5.97 Å². The molecule has 0 aliphatic heterocycles. The van der Waals surface area contributed by atoms with Crippen LogP contribution in [0.3, 0.4) is 0 Å². The number of rotatable bonds is 3. The first-order valence-corrected chi connectivity index (χ1v) is 5.51. The van der Waals surface area contributed by atoms with Gasteiger partial charge in [0, 0.05) is 5.56 Å². The van der Waals surface area contributed by atoms with Crippen molar-refractivity contribution in [1.82, 2.24) is 9.78 Å². The minimum absolute atomic E-state index is 0.178. The van der Waals surface area contributed by atoms with Gasteiger partial charge in [-0.1, -0.05) is 0 Å². The number of benzene rings is 1. The highest BCUT2D eigenvalue weighted by molar-refractivity contribution is 5.88. The zero-order valence-corrected chi connectivity index (χ0v) is 10.1. The fourth-order valence-corrected chi connectivity index (χ4v) is 1.63. The molecule has 0 amide bonds. The molecule has 2 rings (SSSR count). The Morgan fingerprint density at radius 1 is 1.40 bits per heavy atom. The maximum Gasteiger partial charge on any atom is 0.341 e. The molecule has 1 heterocycles. The highest BCUT2D eigenvalue weighted by atomic mass is 19.1. The predicted octanol–water partition coefficient (Wildman–Crippen LogP) is 1.27. The molecule has 1 aromatic carbocycles. The standard InChI is InChI=1S/C13H8FN3O3/c14-9-3-1-8(2-4-9)11-7-10(13(19)20)12(18)17(16-11)6-5-15/h1-4,7H,6H2,(H,19,20). The second kappa shape index (κ2) is 5.32. The van der Waals surface area contributed by atoms with Gasteiger partial charge in [0.2, 0.25) is 0 Å². The highest BCUT2D eigenvalue weighted by Gasteiger charge is 2.15. The number of hydrogen-bond donors (Lipinski definition) is 1. The maximum atomic E-state index is 12.9. The molecule has 0 fully saturated rings. The Kier molecular flexibility index (Phi) is 3.57. The first kappa shape index (κ1) is 13.4. The number of hydrogen-bond acceptors (Lipinski definition) is 4. The van der Waals surface area contributed by atoms with E-state index >= 15 is 0 Å². The van der Waals surface area contributed by atoms with Gasteiger partial charge in [0.15, 0.2) is 0 Å². The number of carboxylic acids is 1. The van der Waals surface area contributed by atoms with Crippen molar-refractivity contribution in [1.29, 1.82) is 5.26 Å². The summed E-state index contributed by atoms with van der Waals surface area (Å²) in [7, 11) is 0. The van der Waals surface area contributed by atoms with E-state index in [1.165, 1.54) is 24.3 Å². The molecule has 100 valence electrons. The minimum atomic E-state index is -1.41. The molecule has 2 aromatic rings. The first-order valence-electron chi connectivity index (χ1n) is 5.51. The largest absolute Gasteiger partial charge is 0.477 e. The Morgan fingerprint density at radius 2 is 2.05 bits per heavy atom. The molecule has 0 radical (unpaired) electrons. The lowest BCUT2D eigenvalue weighted by atomic mass is 10.1. The normalized spacial score (nSPS) is 10.0. The van der Waals surface area contributed by atoms with E-state index in [1.54, 1.807) is 6.07 Å². The highest BCUT2D eigenvalue weighted by Crippen LogP contribution is 2.17. The van der Waals surface area contributed by atoms with E-state index in [9.17, 15) is 14.0 Å². The average Bonchev–Trinajstić information content (AvgIpc) is 2.42. The van der Waals surface area contributed by atoms with E-state index in [-0.39, 0.29) is 12.2 Å². The van der Waals surface area contributed by atoms with Crippen LogP contribution in [0.2, 0.25) is 0 Å². The summed E-state index contributed by atoms with van der Waals surface area (Å²) in [5, 5.41) is 21.5. The van der Waals surface area contributed by atoms with E-state index in [0.29, 0.717) is 5.56 Å². The Hall–Kier alpha value is -3.01. The molecule has 0 saturated carbocycles. The number of halogens is 1. The smallest absolute Gasteiger partial charge is 0.341 e. The van der Waals surface area contributed by atoms with Gasteiger partial charge >= 0.3 is 5.97 Å². The van der Waals surface area contributed by atoms with Crippen molar-refractivity contribution in [2.45, 2.75) is 6.54 Å². The molecule has 1 N–H and O–H groups in total. The van der Waals surface area contributed by atoms with E-state index in [0.717, 1.165) is 10.7 Å². The molecular weight excluding hydrogens is 265 g/mol. The van der Waals surface area contributed by atoms with Crippen LogP contribution in [0.15, 0.2) is 35.1 Å². The van der Waals surface area contributed by atoms with Crippen LogP contribution in [0.4, 0.5) is 4.39 Å². The number of aromatic nitrogens is 2. The van der Waals surface area contributed by atoms with Gasteiger partial charge in [0.1, 0.15) is 17.9 Å². The Bertz CT molecular complexity index is 760. The summed E-state index contributed by atoms with van der Waals surface area (Å²) in [4.78, 5) is 22.8. The third-order valence-corrected chi connectivity index (χ3v) is 2.57. The molecule has 1 aromatic heterocycles. The predicted molar refractivity (Wildman–Crippen MR) is 66.5 cm³/mol. The molecule has 0 spiro atoms. The van der Waals surface area contributed by atoms with Crippen molar-refractivity contribution < 1.29 is 14.3 Å². The number of aromatic carboxylic acids is 1. The summed E-state index contributed by atoms with van der Waals surface area (Å²) in [6.45, 7) is -0.367. The van der Waals surface area contributed by atoms with Crippen molar-refractivity contribution in [2.75, 3.05) is 0 Å². The fourth-order valence-electron chi connectivity index (χ4n) is 1.63. The van der Waals surface area contributed by atoms with E-state index < -0.39 is 22.9 Å². The zero-order valence-electron chi connectivity index (χ0n) is 10.1. The number of nitrogens with zero attached hydrogens (tertiary/aromatic N) is 3. The summed E-state index contributed by atoms with van der Waals surface area (Å²) in [5.74, 6) is -1.86. The van der Waals surface area contributed by atoms with Gasteiger partial charge in [-0.25, -0.2) is 13.9 Å². The van der Waals surface area contributed by atoms with Gasteiger partial charge in [-0.05, 0) is 30.3 Å². The van der Waals surface area contributed by atoms with Crippen LogP contribution in [0, 0.1) is 17.1 Å². The van der Waals surface area contributed by atoms with Crippen molar-refractivity contribution in [2.24, 2.45) is 0 Å². The van der Waals surface area contributed by atoms with Crippen molar-refractivity contribution in [3.05, 3.63) is 52.1 Å². The molecule has 0 aliphatic rings. The van der Waals surface area contributed by atoms with E-state index in [1.807, 2.05) is 0 Å². The SMILES string of the molecule is N#CCn1nc(-c2ccc(F)cc2)cc(C(=O)O)c1=O. The molecule has 0 bridgehead atoms. The van der Waals surface area contributed by atoms with Crippen molar-refractivity contribution in [3.8, 4) is 17.3 Å². The summed E-state index contributed by atoms with van der Waals surface area (Å²) >= 11 is 0. The first-order chi connectivity index (χ1) is 9.52. The van der Waals surface area contributed by atoms with Gasteiger partial charge in [-0.3, -0.25) is 4.79 Å². The lowest BCUT2D eigenvalue weighted by molar-refractivity contribution is 0.0694. The Morgan fingerprint density at radius 3 is 2.60 bits per heavy atom. The summed E-state index contributed by atoms with van der Waals surface area (Å²) < 4.78 is 13.6. The van der Waals surface area contributed by atoms with Crippen LogP contribution in [0.1, 0.15) is 10.4 Å². The Labute approximate surface area is 112 Å². The molecule has 0 unspecified atom stereocenters. The van der Waals surface area contributed by atoms with Gasteiger partial charge in [-0.15, -0.1) is 0 Å². The van der Waals surface area contributed by atoms with Crippen molar-refractivity contribution in [3.63, 3.8) is 0 Å². The molecule has 6 nitrogen and oxygen atoms in total. The van der Waals surface area contributed by atoms with Crippen LogP contribution in [0.25, 0.3) is 11.3 Å². The molecule has 0 aliphatic carbocycles. The van der Waals surface area contributed by atoms with Crippen LogP contribution in [0.5, 0.6) is 0 Å². The number of carboxylic acid groups (broad SMARTS) is 1. The maximum absolute atomic E-state index is 12.9. The van der Waals surface area contributed by atoms with Crippen LogP contribution < -0.4 is 5.56 Å². The fraction of sp³-hybridized carbons (Fsp3) is 0.0769. The third-order valence-electron chi connectivity index (χ3n) is 2.57. The minimum Gasteiger partial charge on any atom is -0.477 e. The van der Waals surface area contributed by atoms with Gasteiger partial charge in [0.05, 0.1) is 11.8 Å². The van der Waals surface area contributed by atoms with Gasteiger partial charge in [0.25, 0.3) is 5.56 Å². The lowest BCUT2D eigenvalue weighted by Crippen LogP contribution is -2.28. The second-order valence-corrected chi connectivity index (χ2v) is 3.88. The van der Waals surface area contributed by atoms with Crippen LogP contribution >= 0.6 is 0 Å². The monoisotopic (exact) mass is 273 g/mol. The lowest BCUT2D eigenvalue weighted by Gasteiger charge is -2.06. The number of nitriles is 1. The van der Waals surface area contributed by atoms with Crippen LogP contribution in [-0.4, -0.2) is 20.9 Å². The third kappa shape index (κ3) is 2.54.